The van der Waals surface area contributed by atoms with Gasteiger partial charge in [-0.05, 0) is 35.2 Å². The van der Waals surface area contributed by atoms with Crippen LogP contribution in [0.2, 0.25) is 0 Å². The van der Waals surface area contributed by atoms with Crippen molar-refractivity contribution in [3.05, 3.63) is 66.7 Å². The Hall–Kier alpha value is -3.68. The lowest BCUT2D eigenvalue weighted by Gasteiger charge is -2.31. The number of nitrogens with zero attached hydrogens (tertiary/aromatic N) is 2. The van der Waals surface area contributed by atoms with Gasteiger partial charge in [0, 0.05) is 30.7 Å². The molecule has 0 saturated heterocycles. The normalized spacial score (nSPS) is 13.5. The molecular weight excluding hydrogens is 408 g/mol. The van der Waals surface area contributed by atoms with Crippen molar-refractivity contribution in [2.24, 2.45) is 5.41 Å². The predicted molar refractivity (Wildman–Crippen MR) is 121 cm³/mol. The number of nitrogens with one attached hydrogen (secondary N) is 2. The third kappa shape index (κ3) is 5.51. The maximum absolute atomic E-state index is 12.7. The number of benzene rings is 2. The lowest BCUT2D eigenvalue weighted by molar-refractivity contribution is 0.173. The first-order valence-corrected chi connectivity index (χ1v) is 10.5. The molecular formula is C24H28N4O4. The number of rotatable bonds is 7. The molecule has 0 aliphatic carbocycles. The molecule has 1 aliphatic heterocycles. The molecule has 3 aromatic rings. The second-order valence-electron chi connectivity index (χ2n) is 8.78. The molecule has 1 aromatic heterocycles. The van der Waals surface area contributed by atoms with Gasteiger partial charge in [-0.2, -0.15) is 0 Å². The minimum absolute atomic E-state index is 0.0748. The van der Waals surface area contributed by atoms with Crippen molar-refractivity contribution in [2.45, 2.75) is 40.0 Å². The average molecular weight is 437 g/mol. The zero-order chi connectivity index (χ0) is 22.6. The zero-order valence-corrected chi connectivity index (χ0v) is 18.5. The minimum atomic E-state index is -0.251. The number of fused-ring (bicyclic) bond motifs is 1. The number of urea groups is 1. The molecule has 0 bridgehead atoms. The number of imidazole rings is 1. The van der Waals surface area contributed by atoms with E-state index < -0.39 is 0 Å². The molecule has 1 atom stereocenters. The van der Waals surface area contributed by atoms with Crippen LogP contribution in [0.4, 0.5) is 10.5 Å². The Labute approximate surface area is 187 Å². The van der Waals surface area contributed by atoms with E-state index in [-0.39, 0.29) is 24.3 Å². The summed E-state index contributed by atoms with van der Waals surface area (Å²) in [6, 6.07) is 12.7. The van der Waals surface area contributed by atoms with Gasteiger partial charge in [-0.1, -0.05) is 32.9 Å². The number of carbonyl (C=O) groups is 1. The largest absolute Gasteiger partial charge is 0.489 e. The van der Waals surface area contributed by atoms with E-state index in [0.29, 0.717) is 30.3 Å². The van der Waals surface area contributed by atoms with Gasteiger partial charge in [-0.15, -0.1) is 0 Å². The molecule has 2 N–H and O–H groups in total. The van der Waals surface area contributed by atoms with Gasteiger partial charge >= 0.3 is 6.03 Å². The number of hydrogen-bond donors (Lipinski definition) is 2. The molecule has 8 heteroatoms. The molecule has 168 valence electrons. The van der Waals surface area contributed by atoms with Crippen LogP contribution in [-0.2, 0) is 13.2 Å². The maximum Gasteiger partial charge on any atom is 0.319 e. The molecule has 2 aromatic carbocycles. The zero-order valence-electron chi connectivity index (χ0n) is 18.5. The molecule has 8 nitrogen and oxygen atoms in total. The summed E-state index contributed by atoms with van der Waals surface area (Å²) in [6.45, 7) is 7.53. The Morgan fingerprint density at radius 3 is 2.81 bits per heavy atom. The van der Waals surface area contributed by atoms with Gasteiger partial charge in [0.15, 0.2) is 11.5 Å². The molecule has 1 aliphatic rings. The number of aromatic nitrogens is 2. The number of amides is 2. The lowest BCUT2D eigenvalue weighted by atomic mass is 9.86. The number of carbonyl (C=O) groups excluding carboxylic acids is 1. The van der Waals surface area contributed by atoms with E-state index in [1.165, 1.54) is 0 Å². The van der Waals surface area contributed by atoms with Crippen molar-refractivity contribution < 1.29 is 19.0 Å². The molecule has 2 heterocycles. The van der Waals surface area contributed by atoms with Crippen LogP contribution in [0.25, 0.3) is 0 Å². The summed E-state index contributed by atoms with van der Waals surface area (Å²) < 4.78 is 18.5. The highest BCUT2D eigenvalue weighted by atomic mass is 16.7. The van der Waals surface area contributed by atoms with Gasteiger partial charge in [0.05, 0.1) is 12.4 Å². The van der Waals surface area contributed by atoms with Crippen LogP contribution in [0.15, 0.2) is 61.2 Å². The highest BCUT2D eigenvalue weighted by Crippen LogP contribution is 2.35. The molecule has 32 heavy (non-hydrogen) atoms. The van der Waals surface area contributed by atoms with Gasteiger partial charge in [-0.3, -0.25) is 0 Å². The molecule has 0 spiro atoms. The summed E-state index contributed by atoms with van der Waals surface area (Å²) in [7, 11) is 0. The van der Waals surface area contributed by atoms with E-state index in [4.69, 9.17) is 14.2 Å². The molecule has 0 unspecified atom stereocenters. The maximum atomic E-state index is 12.7. The highest BCUT2D eigenvalue weighted by molar-refractivity contribution is 5.89. The Morgan fingerprint density at radius 2 is 2.03 bits per heavy atom. The quantitative estimate of drug-likeness (QED) is 0.572. The molecule has 2 amide bonds. The summed E-state index contributed by atoms with van der Waals surface area (Å²) >= 11 is 0. The van der Waals surface area contributed by atoms with Crippen LogP contribution in [-0.4, -0.2) is 28.4 Å². The van der Waals surface area contributed by atoms with E-state index in [9.17, 15) is 4.79 Å². The second-order valence-corrected chi connectivity index (χ2v) is 8.78. The molecule has 0 fully saturated rings. The van der Waals surface area contributed by atoms with Crippen LogP contribution >= 0.6 is 0 Å². The summed E-state index contributed by atoms with van der Waals surface area (Å²) in [5.74, 6) is 2.09. The van der Waals surface area contributed by atoms with Crippen LogP contribution in [0.5, 0.6) is 17.2 Å². The fourth-order valence-corrected chi connectivity index (χ4v) is 3.34. The first-order valence-electron chi connectivity index (χ1n) is 10.5. The second kappa shape index (κ2) is 9.21. The van der Waals surface area contributed by atoms with Crippen molar-refractivity contribution in [3.8, 4) is 17.2 Å². The third-order valence-corrected chi connectivity index (χ3v) is 5.24. The van der Waals surface area contributed by atoms with Gasteiger partial charge in [0.1, 0.15) is 12.4 Å². The summed E-state index contributed by atoms with van der Waals surface area (Å²) in [6.07, 6.45) is 5.38. The van der Waals surface area contributed by atoms with Crippen LogP contribution < -0.4 is 24.8 Å². The average Bonchev–Trinajstić information content (AvgIpc) is 3.43. The van der Waals surface area contributed by atoms with Crippen molar-refractivity contribution in [1.29, 1.82) is 0 Å². The smallest absolute Gasteiger partial charge is 0.319 e. The van der Waals surface area contributed by atoms with Crippen molar-refractivity contribution in [2.75, 3.05) is 12.1 Å². The van der Waals surface area contributed by atoms with E-state index in [0.717, 1.165) is 11.3 Å². The van der Waals surface area contributed by atoms with Gasteiger partial charge in [0.25, 0.3) is 0 Å². The molecule has 4 rings (SSSR count). The van der Waals surface area contributed by atoms with Crippen molar-refractivity contribution in [3.63, 3.8) is 0 Å². The van der Waals surface area contributed by atoms with Gasteiger partial charge < -0.3 is 29.4 Å². The summed E-state index contributed by atoms with van der Waals surface area (Å²) in [5, 5.41) is 6.02. The number of anilines is 1. The Kier molecular flexibility index (Phi) is 6.20. The Balaban J connectivity index is 1.34. The molecule has 0 saturated carbocycles. The van der Waals surface area contributed by atoms with E-state index >= 15 is 0 Å². The van der Waals surface area contributed by atoms with Gasteiger partial charge in [-0.25, -0.2) is 9.78 Å². The fourth-order valence-electron chi connectivity index (χ4n) is 3.34. The summed E-state index contributed by atoms with van der Waals surface area (Å²) in [5.41, 5.74) is 1.51. The Bertz CT molecular complexity index is 1060. The standard InChI is InChI=1S/C24H28N4O4/c1-24(2,3)22(13-28-10-9-25-15-28)27-23(29)26-18-6-4-5-17(11-18)14-30-19-7-8-20-21(12-19)32-16-31-20/h4-12,15,22H,13-14,16H2,1-3H3,(H2,26,27,29)/t22-/m1/s1. The number of hydrogen-bond acceptors (Lipinski definition) is 5. The van der Waals surface area contributed by atoms with Crippen LogP contribution in [0, 0.1) is 5.41 Å². The first kappa shape index (κ1) is 21.5. The Morgan fingerprint density at radius 1 is 1.19 bits per heavy atom. The van der Waals surface area contributed by atoms with Crippen molar-refractivity contribution in [1.82, 2.24) is 14.9 Å². The number of ether oxygens (including phenoxy) is 3. The highest BCUT2D eigenvalue weighted by Gasteiger charge is 2.26. The van der Waals surface area contributed by atoms with Crippen molar-refractivity contribution >= 4 is 11.7 Å². The molecule has 0 radical (unpaired) electrons. The van der Waals surface area contributed by atoms with E-state index in [2.05, 4.69) is 36.4 Å². The topological polar surface area (TPSA) is 86.6 Å². The van der Waals surface area contributed by atoms with Crippen LogP contribution in [0.3, 0.4) is 0 Å². The predicted octanol–water partition coefficient (Wildman–Crippen LogP) is 4.43. The first-order chi connectivity index (χ1) is 15.4. The SMILES string of the molecule is CC(C)(C)[C@@H](Cn1ccnc1)NC(=O)Nc1cccc(COc2ccc3c(c2)OCO3)c1. The lowest BCUT2D eigenvalue weighted by Crippen LogP contribution is -2.47. The third-order valence-electron chi connectivity index (χ3n) is 5.24. The fraction of sp³-hybridized carbons (Fsp3) is 0.333. The minimum Gasteiger partial charge on any atom is -0.489 e. The monoisotopic (exact) mass is 436 g/mol. The van der Waals surface area contributed by atoms with E-state index in [1.54, 1.807) is 12.5 Å². The summed E-state index contributed by atoms with van der Waals surface area (Å²) in [4.78, 5) is 16.8. The van der Waals surface area contributed by atoms with Crippen LogP contribution in [0.1, 0.15) is 26.3 Å². The van der Waals surface area contributed by atoms with Gasteiger partial charge in [0.2, 0.25) is 6.79 Å². The van der Waals surface area contributed by atoms with E-state index in [1.807, 2.05) is 53.2 Å².